The van der Waals surface area contributed by atoms with E-state index in [0.717, 1.165) is 4.88 Å². The van der Waals surface area contributed by atoms with E-state index in [1.165, 1.54) is 30.3 Å². The number of alkyl halides is 3. The van der Waals surface area contributed by atoms with Gasteiger partial charge in [-0.05, 0) is 53.9 Å². The Kier molecular flexibility index (Phi) is 10.6. The van der Waals surface area contributed by atoms with Crippen LogP contribution in [-0.2, 0) is 16.1 Å². The minimum atomic E-state index is -5.08. The van der Waals surface area contributed by atoms with Crippen molar-refractivity contribution in [3.63, 3.8) is 0 Å². The number of carboxylic acid groups (broad SMARTS) is 2. The molecule has 0 spiro atoms. The van der Waals surface area contributed by atoms with E-state index in [1.54, 1.807) is 30.6 Å². The summed E-state index contributed by atoms with van der Waals surface area (Å²) >= 11 is 1.59. The molecule has 3 rings (SSSR count). The van der Waals surface area contributed by atoms with Crippen LogP contribution in [0.15, 0.2) is 60.0 Å². The van der Waals surface area contributed by atoms with Gasteiger partial charge < -0.3 is 25.2 Å². The lowest BCUT2D eigenvalue weighted by atomic mass is 10.1. The Bertz CT molecular complexity index is 1200. The van der Waals surface area contributed by atoms with Crippen molar-refractivity contribution in [2.24, 2.45) is 0 Å². The first kappa shape index (κ1) is 29.3. The Hall–Kier alpha value is -3.97. The van der Waals surface area contributed by atoms with Gasteiger partial charge in [-0.15, -0.1) is 11.3 Å². The van der Waals surface area contributed by atoms with Crippen molar-refractivity contribution in [2.75, 3.05) is 30.5 Å². The summed E-state index contributed by atoms with van der Waals surface area (Å²) in [6, 6.07) is 13.8. The SMILES string of the molecule is COCCN(Cc1cccs1)c1ccc(NC(=O)c2ccc(F)cc2)cc1C(=O)O.O=C(O)C(F)(F)F. The fourth-order valence-corrected chi connectivity index (χ4v) is 3.66. The predicted octanol–water partition coefficient (Wildman–Crippen LogP) is 5.12. The van der Waals surface area contributed by atoms with E-state index in [4.69, 9.17) is 14.6 Å². The number of carbonyl (C=O) groups is 3. The monoisotopic (exact) mass is 542 g/mol. The molecule has 2 aromatic carbocycles. The van der Waals surface area contributed by atoms with Gasteiger partial charge in [-0.25, -0.2) is 14.0 Å². The molecule has 3 aromatic rings. The molecule has 1 aromatic heterocycles. The van der Waals surface area contributed by atoms with E-state index >= 15 is 0 Å². The molecule has 1 amide bonds. The average molecular weight is 543 g/mol. The van der Waals surface area contributed by atoms with Crippen LogP contribution in [0.2, 0.25) is 0 Å². The van der Waals surface area contributed by atoms with Gasteiger partial charge in [0, 0.05) is 29.8 Å². The summed E-state index contributed by atoms with van der Waals surface area (Å²) in [6.45, 7) is 1.49. The number of hydrogen-bond acceptors (Lipinski definition) is 6. The number of nitrogens with zero attached hydrogens (tertiary/aromatic N) is 1. The first-order chi connectivity index (χ1) is 17.4. The zero-order valence-corrected chi connectivity index (χ0v) is 20.1. The third kappa shape index (κ3) is 9.20. The predicted molar refractivity (Wildman–Crippen MR) is 129 cm³/mol. The highest BCUT2D eigenvalue weighted by Crippen LogP contribution is 2.27. The Morgan fingerprint density at radius 1 is 1.05 bits per heavy atom. The van der Waals surface area contributed by atoms with Crippen molar-refractivity contribution in [1.82, 2.24) is 0 Å². The zero-order chi connectivity index (χ0) is 27.6. The number of methoxy groups -OCH3 is 1. The second kappa shape index (κ2) is 13.4. The van der Waals surface area contributed by atoms with Crippen LogP contribution in [0.4, 0.5) is 28.9 Å². The van der Waals surface area contributed by atoms with Crippen LogP contribution in [-0.4, -0.2) is 54.5 Å². The number of ether oxygens (including phenoxy) is 1. The molecule has 1 heterocycles. The summed E-state index contributed by atoms with van der Waals surface area (Å²) in [4.78, 5) is 36.2. The lowest BCUT2D eigenvalue weighted by molar-refractivity contribution is -0.192. The number of thiophene rings is 1. The number of aromatic carboxylic acids is 1. The maximum absolute atomic E-state index is 13.1. The second-order valence-electron chi connectivity index (χ2n) is 7.29. The summed E-state index contributed by atoms with van der Waals surface area (Å²) in [5.74, 6) is -4.75. The molecule has 0 saturated carbocycles. The van der Waals surface area contributed by atoms with Gasteiger partial charge >= 0.3 is 18.1 Å². The van der Waals surface area contributed by atoms with Gasteiger partial charge in [0.25, 0.3) is 5.91 Å². The van der Waals surface area contributed by atoms with E-state index in [1.807, 2.05) is 22.4 Å². The maximum Gasteiger partial charge on any atom is 0.490 e. The smallest absolute Gasteiger partial charge is 0.478 e. The number of nitrogens with one attached hydrogen (secondary N) is 1. The highest BCUT2D eigenvalue weighted by atomic mass is 32.1. The average Bonchev–Trinajstić information content (AvgIpc) is 3.35. The zero-order valence-electron chi connectivity index (χ0n) is 19.3. The maximum atomic E-state index is 13.1. The van der Waals surface area contributed by atoms with Crippen molar-refractivity contribution in [3.8, 4) is 0 Å². The molecule has 0 aliphatic carbocycles. The lowest BCUT2D eigenvalue weighted by Gasteiger charge is -2.26. The molecule has 0 radical (unpaired) electrons. The number of amides is 1. The quantitative estimate of drug-likeness (QED) is 0.321. The van der Waals surface area contributed by atoms with E-state index in [-0.39, 0.29) is 11.1 Å². The number of benzene rings is 2. The largest absolute Gasteiger partial charge is 0.490 e. The Labute approximate surface area is 212 Å². The fourth-order valence-electron chi connectivity index (χ4n) is 2.94. The molecule has 3 N–H and O–H groups in total. The van der Waals surface area contributed by atoms with Crippen LogP contribution in [0.3, 0.4) is 0 Å². The molecule has 0 saturated heterocycles. The topological polar surface area (TPSA) is 116 Å². The van der Waals surface area contributed by atoms with Crippen LogP contribution in [0, 0.1) is 5.82 Å². The normalized spacial score (nSPS) is 10.7. The van der Waals surface area contributed by atoms with E-state index in [0.29, 0.717) is 31.1 Å². The highest BCUT2D eigenvalue weighted by molar-refractivity contribution is 7.09. The molecule has 0 atom stereocenters. The molecule has 0 aliphatic rings. The van der Waals surface area contributed by atoms with E-state index in [9.17, 15) is 32.3 Å². The van der Waals surface area contributed by atoms with Gasteiger partial charge in [-0.3, -0.25) is 4.79 Å². The molecule has 0 bridgehead atoms. The van der Waals surface area contributed by atoms with Gasteiger partial charge in [-0.1, -0.05) is 6.07 Å². The Balaban J connectivity index is 0.000000604. The summed E-state index contributed by atoms with van der Waals surface area (Å²) in [5.41, 5.74) is 1.22. The number of carboxylic acids is 2. The van der Waals surface area contributed by atoms with Crippen LogP contribution in [0.1, 0.15) is 25.6 Å². The summed E-state index contributed by atoms with van der Waals surface area (Å²) in [7, 11) is 1.59. The third-order valence-electron chi connectivity index (χ3n) is 4.67. The van der Waals surface area contributed by atoms with E-state index in [2.05, 4.69) is 5.32 Å². The first-order valence-corrected chi connectivity index (χ1v) is 11.3. The van der Waals surface area contributed by atoms with Crippen LogP contribution < -0.4 is 10.2 Å². The van der Waals surface area contributed by atoms with Crippen molar-refractivity contribution in [2.45, 2.75) is 12.7 Å². The van der Waals surface area contributed by atoms with Crippen molar-refractivity contribution < 1.29 is 46.9 Å². The Morgan fingerprint density at radius 2 is 1.70 bits per heavy atom. The highest BCUT2D eigenvalue weighted by Gasteiger charge is 2.38. The number of carbonyl (C=O) groups excluding carboxylic acids is 1. The minimum absolute atomic E-state index is 0.0690. The number of anilines is 2. The summed E-state index contributed by atoms with van der Waals surface area (Å²) < 4.78 is 50.0. The van der Waals surface area contributed by atoms with Crippen LogP contribution >= 0.6 is 11.3 Å². The van der Waals surface area contributed by atoms with Gasteiger partial charge in [-0.2, -0.15) is 13.2 Å². The van der Waals surface area contributed by atoms with Crippen LogP contribution in [0.25, 0.3) is 0 Å². The van der Waals surface area contributed by atoms with Gasteiger partial charge in [0.05, 0.1) is 24.4 Å². The molecule has 0 aliphatic heterocycles. The lowest BCUT2D eigenvalue weighted by Crippen LogP contribution is -2.28. The minimum Gasteiger partial charge on any atom is -0.478 e. The van der Waals surface area contributed by atoms with Crippen LogP contribution in [0.5, 0.6) is 0 Å². The molecule has 198 valence electrons. The van der Waals surface area contributed by atoms with Gasteiger partial charge in [0.15, 0.2) is 0 Å². The molecule has 0 fully saturated rings. The molecule has 8 nitrogen and oxygen atoms in total. The third-order valence-corrected chi connectivity index (χ3v) is 5.53. The van der Waals surface area contributed by atoms with Crippen molar-refractivity contribution in [1.29, 1.82) is 0 Å². The molecular weight excluding hydrogens is 520 g/mol. The summed E-state index contributed by atoms with van der Waals surface area (Å²) in [6.07, 6.45) is -5.08. The molecule has 37 heavy (non-hydrogen) atoms. The first-order valence-electron chi connectivity index (χ1n) is 10.4. The number of halogens is 4. The molecule has 13 heteroatoms. The van der Waals surface area contributed by atoms with Crippen molar-refractivity contribution in [3.05, 3.63) is 81.8 Å². The number of rotatable bonds is 9. The summed E-state index contributed by atoms with van der Waals surface area (Å²) in [5, 5.41) is 21.5. The van der Waals surface area contributed by atoms with Gasteiger partial charge in [0.2, 0.25) is 0 Å². The van der Waals surface area contributed by atoms with Crippen molar-refractivity contribution >= 4 is 40.6 Å². The molecular formula is C24H22F4N2O6S. The standard InChI is InChI=1S/C22H21FN2O4S.C2HF3O2/c1-29-11-10-25(14-18-3-2-12-30-18)20-9-8-17(13-19(20)22(27)28)24-21(26)15-4-6-16(23)7-5-15;3-2(4,5)1(6)7/h2-9,12-13H,10-11,14H2,1H3,(H,24,26)(H,27,28);(H,6,7). The van der Waals surface area contributed by atoms with Gasteiger partial charge in [0.1, 0.15) is 5.82 Å². The molecule has 0 unspecified atom stereocenters. The number of hydrogen-bond donors (Lipinski definition) is 3. The van der Waals surface area contributed by atoms with E-state index < -0.39 is 29.8 Å². The second-order valence-corrected chi connectivity index (χ2v) is 8.33. The number of aliphatic carboxylic acids is 1. The Morgan fingerprint density at radius 3 is 2.22 bits per heavy atom. The fraction of sp³-hybridized carbons (Fsp3) is 0.208.